The Hall–Kier alpha value is -3.28. The van der Waals surface area contributed by atoms with E-state index in [1.54, 1.807) is 31.2 Å². The highest BCUT2D eigenvalue weighted by Crippen LogP contribution is 2.25. The maximum atomic E-state index is 12.4. The van der Waals surface area contributed by atoms with Gasteiger partial charge in [-0.15, -0.1) is 0 Å². The Morgan fingerprint density at radius 3 is 2.55 bits per heavy atom. The normalized spacial score (nSPS) is 14.5. The van der Waals surface area contributed by atoms with E-state index in [0.717, 1.165) is 3.57 Å². The zero-order chi connectivity index (χ0) is 22.5. The summed E-state index contributed by atoms with van der Waals surface area (Å²) in [5.41, 5.74) is 4.53. The Balaban J connectivity index is 1.59. The second-order valence-corrected chi connectivity index (χ2v) is 8.19. The number of halogens is 1. The van der Waals surface area contributed by atoms with Gasteiger partial charge in [0.05, 0.1) is 11.6 Å². The molecule has 4 N–H and O–H groups in total. The van der Waals surface area contributed by atoms with Crippen molar-refractivity contribution in [3.05, 3.63) is 57.2 Å². The van der Waals surface area contributed by atoms with Gasteiger partial charge in [-0.3, -0.25) is 19.2 Å². The number of hydrazone groups is 1. The van der Waals surface area contributed by atoms with Crippen LogP contribution in [0.1, 0.15) is 35.7 Å². The standard InChI is InChI=1S/C21H19IN4O5/c1-11(21(30)31)2-9-17(27)23-14-6-3-12(4-7-14)19(28)26-25-18-15-10-13(22)5-8-16(15)24-20(18)29/h3-8,10-11H,2,9H2,1H3,(H,23,27)(H,26,28)(H,30,31)(H,24,25,29). The molecule has 0 spiro atoms. The zero-order valence-corrected chi connectivity index (χ0v) is 18.6. The van der Waals surface area contributed by atoms with Gasteiger partial charge in [0.25, 0.3) is 11.8 Å². The van der Waals surface area contributed by atoms with Crippen molar-refractivity contribution in [2.45, 2.75) is 19.8 Å². The molecule has 0 aliphatic carbocycles. The molecule has 0 radical (unpaired) electrons. The minimum atomic E-state index is -0.944. The van der Waals surface area contributed by atoms with E-state index in [2.05, 4.69) is 43.8 Å². The molecule has 0 bridgehead atoms. The molecule has 0 saturated heterocycles. The molecule has 0 aromatic heterocycles. The van der Waals surface area contributed by atoms with E-state index < -0.39 is 23.7 Å². The van der Waals surface area contributed by atoms with E-state index >= 15 is 0 Å². The Morgan fingerprint density at radius 2 is 1.87 bits per heavy atom. The molecule has 2 aromatic rings. The summed E-state index contributed by atoms with van der Waals surface area (Å²) in [7, 11) is 0. The number of carbonyl (C=O) groups excluding carboxylic acids is 3. The first-order chi connectivity index (χ1) is 14.7. The van der Waals surface area contributed by atoms with Crippen molar-refractivity contribution in [1.82, 2.24) is 5.43 Å². The average molecular weight is 534 g/mol. The van der Waals surface area contributed by atoms with E-state index in [-0.39, 0.29) is 24.5 Å². The molecule has 9 nitrogen and oxygen atoms in total. The topological polar surface area (TPSA) is 137 Å². The first-order valence-electron chi connectivity index (χ1n) is 9.36. The average Bonchev–Trinajstić information content (AvgIpc) is 3.04. The van der Waals surface area contributed by atoms with Crippen molar-refractivity contribution in [2.75, 3.05) is 10.6 Å². The van der Waals surface area contributed by atoms with Gasteiger partial charge in [0.15, 0.2) is 5.71 Å². The van der Waals surface area contributed by atoms with Gasteiger partial charge < -0.3 is 15.7 Å². The van der Waals surface area contributed by atoms with Gasteiger partial charge in [0.2, 0.25) is 5.91 Å². The number of carboxylic acids is 1. The Kier molecular flexibility index (Phi) is 7.00. The Labute approximate surface area is 191 Å². The van der Waals surface area contributed by atoms with Crippen LogP contribution in [-0.4, -0.2) is 34.5 Å². The molecule has 1 aliphatic rings. The summed E-state index contributed by atoms with van der Waals surface area (Å²) in [5.74, 6) is -2.76. The molecule has 1 heterocycles. The maximum absolute atomic E-state index is 12.4. The molecular weight excluding hydrogens is 515 g/mol. The van der Waals surface area contributed by atoms with E-state index in [0.29, 0.717) is 22.5 Å². The van der Waals surface area contributed by atoms with Crippen molar-refractivity contribution >= 4 is 63.4 Å². The summed E-state index contributed by atoms with van der Waals surface area (Å²) in [4.78, 5) is 47.2. The fourth-order valence-electron chi connectivity index (χ4n) is 2.81. The van der Waals surface area contributed by atoms with Crippen LogP contribution in [0.5, 0.6) is 0 Å². The number of rotatable bonds is 7. The van der Waals surface area contributed by atoms with Crippen LogP contribution in [0.15, 0.2) is 47.6 Å². The minimum Gasteiger partial charge on any atom is -0.481 e. The van der Waals surface area contributed by atoms with Crippen LogP contribution < -0.4 is 16.1 Å². The van der Waals surface area contributed by atoms with Gasteiger partial charge >= 0.3 is 5.97 Å². The third-order valence-corrected chi connectivity index (χ3v) is 5.30. The summed E-state index contributed by atoms with van der Waals surface area (Å²) in [6.45, 7) is 1.54. The summed E-state index contributed by atoms with van der Waals surface area (Å²) < 4.78 is 0.932. The SMILES string of the molecule is CC(CCC(=O)Nc1ccc(C(=O)NN=C2C(=O)Nc3ccc(I)cc32)cc1)C(=O)O. The number of aliphatic carboxylic acids is 1. The molecule has 1 atom stereocenters. The van der Waals surface area contributed by atoms with E-state index in [1.165, 1.54) is 12.1 Å². The number of hydrogen-bond donors (Lipinski definition) is 4. The third kappa shape index (κ3) is 5.66. The zero-order valence-electron chi connectivity index (χ0n) is 16.4. The van der Waals surface area contributed by atoms with Crippen LogP contribution in [0, 0.1) is 9.49 Å². The number of amides is 3. The Bertz CT molecular complexity index is 1080. The predicted molar refractivity (Wildman–Crippen MR) is 123 cm³/mol. The van der Waals surface area contributed by atoms with Crippen molar-refractivity contribution in [1.29, 1.82) is 0 Å². The van der Waals surface area contributed by atoms with Crippen LogP contribution in [-0.2, 0) is 14.4 Å². The number of hydrogen-bond acceptors (Lipinski definition) is 5. The second-order valence-electron chi connectivity index (χ2n) is 6.95. The monoisotopic (exact) mass is 534 g/mol. The largest absolute Gasteiger partial charge is 0.481 e. The molecule has 31 heavy (non-hydrogen) atoms. The highest BCUT2D eigenvalue weighted by atomic mass is 127. The lowest BCUT2D eigenvalue weighted by atomic mass is 10.1. The molecule has 1 aliphatic heterocycles. The van der Waals surface area contributed by atoms with Crippen molar-refractivity contribution < 1.29 is 24.3 Å². The molecule has 2 aromatic carbocycles. The minimum absolute atomic E-state index is 0.0790. The summed E-state index contributed by atoms with van der Waals surface area (Å²) in [5, 5.41) is 18.2. The number of carboxylic acid groups (broad SMARTS) is 1. The van der Waals surface area contributed by atoms with Gasteiger partial charge in [-0.25, -0.2) is 5.43 Å². The highest BCUT2D eigenvalue weighted by Gasteiger charge is 2.26. The van der Waals surface area contributed by atoms with Crippen LogP contribution in [0.3, 0.4) is 0 Å². The molecule has 0 saturated carbocycles. The molecule has 3 rings (SSSR count). The predicted octanol–water partition coefficient (Wildman–Crippen LogP) is 2.82. The van der Waals surface area contributed by atoms with Crippen molar-refractivity contribution in [3.63, 3.8) is 0 Å². The van der Waals surface area contributed by atoms with Crippen molar-refractivity contribution in [3.8, 4) is 0 Å². The van der Waals surface area contributed by atoms with Gasteiger partial charge in [0, 0.05) is 26.8 Å². The highest BCUT2D eigenvalue weighted by molar-refractivity contribution is 14.1. The Morgan fingerprint density at radius 1 is 1.16 bits per heavy atom. The fraction of sp³-hybridized carbons (Fsp3) is 0.190. The van der Waals surface area contributed by atoms with Gasteiger partial charge in [0.1, 0.15) is 0 Å². The number of nitrogens with zero attached hydrogens (tertiary/aromatic N) is 1. The van der Waals surface area contributed by atoms with Gasteiger partial charge in [-0.2, -0.15) is 5.10 Å². The summed E-state index contributed by atoms with van der Waals surface area (Å²) >= 11 is 2.13. The van der Waals surface area contributed by atoms with Gasteiger partial charge in [-0.05, 0) is 71.5 Å². The number of carbonyl (C=O) groups is 4. The maximum Gasteiger partial charge on any atom is 0.306 e. The molecular formula is C21H19IN4O5. The second kappa shape index (κ2) is 9.69. The number of fused-ring (bicyclic) bond motifs is 1. The molecule has 10 heteroatoms. The van der Waals surface area contributed by atoms with E-state index in [9.17, 15) is 19.2 Å². The smallest absolute Gasteiger partial charge is 0.306 e. The summed E-state index contributed by atoms with van der Waals surface area (Å²) in [6, 6.07) is 11.6. The summed E-state index contributed by atoms with van der Waals surface area (Å²) in [6.07, 6.45) is 0.313. The van der Waals surface area contributed by atoms with E-state index in [4.69, 9.17) is 5.11 Å². The van der Waals surface area contributed by atoms with E-state index in [1.807, 2.05) is 6.07 Å². The van der Waals surface area contributed by atoms with Gasteiger partial charge in [-0.1, -0.05) is 6.92 Å². The molecule has 1 unspecified atom stereocenters. The van der Waals surface area contributed by atoms with Crippen LogP contribution in [0.4, 0.5) is 11.4 Å². The fourth-order valence-corrected chi connectivity index (χ4v) is 3.30. The van der Waals surface area contributed by atoms with Crippen LogP contribution >= 0.6 is 22.6 Å². The number of nitrogens with one attached hydrogen (secondary N) is 3. The first kappa shape index (κ1) is 22.4. The molecule has 0 fully saturated rings. The first-order valence-corrected chi connectivity index (χ1v) is 10.4. The number of benzene rings is 2. The third-order valence-electron chi connectivity index (χ3n) is 4.63. The van der Waals surface area contributed by atoms with Crippen LogP contribution in [0.2, 0.25) is 0 Å². The lowest BCUT2D eigenvalue weighted by Gasteiger charge is -2.08. The molecule has 3 amide bonds. The number of anilines is 2. The lowest BCUT2D eigenvalue weighted by molar-refractivity contribution is -0.141. The lowest BCUT2D eigenvalue weighted by Crippen LogP contribution is -2.23. The van der Waals surface area contributed by atoms with Crippen molar-refractivity contribution in [2.24, 2.45) is 11.0 Å². The molecule has 160 valence electrons. The quantitative estimate of drug-likeness (QED) is 0.320. The van der Waals surface area contributed by atoms with Crippen LogP contribution in [0.25, 0.3) is 0 Å².